The molecule has 1 fully saturated rings. The van der Waals surface area contributed by atoms with Gasteiger partial charge in [-0.3, -0.25) is 14.2 Å². The molecule has 1 aliphatic heterocycles. The minimum absolute atomic E-state index is 0.00219. The maximum atomic E-state index is 12.8. The summed E-state index contributed by atoms with van der Waals surface area (Å²) in [6.07, 6.45) is 5.08. The van der Waals surface area contributed by atoms with Gasteiger partial charge in [-0.05, 0) is 43.0 Å². The van der Waals surface area contributed by atoms with Crippen LogP contribution in [0.25, 0.3) is 16.7 Å². The van der Waals surface area contributed by atoms with Gasteiger partial charge in [-0.25, -0.2) is 9.67 Å². The molecule has 28 heavy (non-hydrogen) atoms. The van der Waals surface area contributed by atoms with Crippen LogP contribution in [0.4, 0.5) is 0 Å². The van der Waals surface area contributed by atoms with Crippen LogP contribution in [-0.4, -0.2) is 50.3 Å². The number of nitrogens with zero attached hydrogens (tertiary/aromatic N) is 5. The highest BCUT2D eigenvalue weighted by Crippen LogP contribution is 2.18. The van der Waals surface area contributed by atoms with Crippen molar-refractivity contribution in [2.75, 3.05) is 20.2 Å². The fourth-order valence-corrected chi connectivity index (χ4v) is 3.64. The highest BCUT2D eigenvalue weighted by Gasteiger charge is 2.22. The van der Waals surface area contributed by atoms with Gasteiger partial charge < -0.3 is 9.64 Å². The molecule has 1 atom stereocenters. The number of methoxy groups -OCH3 is 1. The Labute approximate surface area is 162 Å². The molecule has 0 N–H and O–H groups in total. The Morgan fingerprint density at radius 3 is 2.79 bits per heavy atom. The Morgan fingerprint density at radius 1 is 1.29 bits per heavy atom. The molecule has 4 rings (SSSR count). The molecule has 8 nitrogen and oxygen atoms in total. The van der Waals surface area contributed by atoms with Gasteiger partial charge in [0.15, 0.2) is 5.65 Å². The number of aromatic nitrogens is 4. The predicted octanol–water partition coefficient (Wildman–Crippen LogP) is 1.85. The first-order valence-corrected chi connectivity index (χ1v) is 9.42. The molecule has 8 heteroatoms. The first-order valence-electron chi connectivity index (χ1n) is 9.42. The van der Waals surface area contributed by atoms with Crippen LogP contribution in [-0.2, 0) is 11.3 Å². The second-order valence-corrected chi connectivity index (χ2v) is 7.26. The van der Waals surface area contributed by atoms with Crippen LogP contribution in [0.15, 0.2) is 41.6 Å². The third kappa shape index (κ3) is 3.37. The Morgan fingerprint density at radius 2 is 2.07 bits per heavy atom. The Bertz CT molecular complexity index is 1050. The lowest BCUT2D eigenvalue weighted by Gasteiger charge is -2.31. The van der Waals surface area contributed by atoms with Gasteiger partial charge in [-0.1, -0.05) is 6.92 Å². The highest BCUT2D eigenvalue weighted by molar-refractivity contribution is 5.78. The monoisotopic (exact) mass is 381 g/mol. The largest absolute Gasteiger partial charge is 0.497 e. The Balaban J connectivity index is 1.61. The van der Waals surface area contributed by atoms with Crippen molar-refractivity contribution in [1.29, 1.82) is 0 Å². The molecule has 1 saturated heterocycles. The summed E-state index contributed by atoms with van der Waals surface area (Å²) in [6.45, 7) is 3.65. The van der Waals surface area contributed by atoms with Gasteiger partial charge in [0.1, 0.15) is 24.0 Å². The second kappa shape index (κ2) is 7.46. The summed E-state index contributed by atoms with van der Waals surface area (Å²) in [5.74, 6) is 1.19. The molecule has 0 bridgehead atoms. The molecule has 1 aliphatic rings. The molecule has 3 heterocycles. The van der Waals surface area contributed by atoms with Gasteiger partial charge in [0.2, 0.25) is 5.91 Å². The van der Waals surface area contributed by atoms with E-state index in [2.05, 4.69) is 17.0 Å². The molecule has 0 saturated carbocycles. The maximum absolute atomic E-state index is 12.8. The van der Waals surface area contributed by atoms with Crippen LogP contribution in [0, 0.1) is 5.92 Å². The number of carbonyl (C=O) groups is 1. The second-order valence-electron chi connectivity index (χ2n) is 7.26. The quantitative estimate of drug-likeness (QED) is 0.689. The van der Waals surface area contributed by atoms with E-state index in [1.165, 1.54) is 17.1 Å². The molecule has 146 valence electrons. The number of benzene rings is 1. The van der Waals surface area contributed by atoms with Gasteiger partial charge in [0.05, 0.1) is 19.0 Å². The Hall–Kier alpha value is -3.16. The third-order valence-corrected chi connectivity index (χ3v) is 5.19. The summed E-state index contributed by atoms with van der Waals surface area (Å²) in [4.78, 5) is 31.7. The smallest absolute Gasteiger partial charge is 0.264 e. The summed E-state index contributed by atoms with van der Waals surface area (Å²) in [5.41, 5.74) is 0.979. The van der Waals surface area contributed by atoms with Crippen LogP contribution >= 0.6 is 0 Å². The van der Waals surface area contributed by atoms with Crippen LogP contribution in [0.1, 0.15) is 19.8 Å². The van der Waals surface area contributed by atoms with Crippen molar-refractivity contribution in [1.82, 2.24) is 24.2 Å². The van der Waals surface area contributed by atoms with E-state index >= 15 is 0 Å². The molecule has 0 aliphatic carbocycles. The molecule has 1 aromatic carbocycles. The van der Waals surface area contributed by atoms with Crippen molar-refractivity contribution in [2.45, 2.75) is 26.3 Å². The van der Waals surface area contributed by atoms with E-state index < -0.39 is 0 Å². The van der Waals surface area contributed by atoms with E-state index in [1.54, 1.807) is 11.8 Å². The number of hydrogen-bond acceptors (Lipinski definition) is 5. The van der Waals surface area contributed by atoms with E-state index in [4.69, 9.17) is 4.74 Å². The Kier molecular flexibility index (Phi) is 4.85. The minimum atomic E-state index is -0.261. The molecular weight excluding hydrogens is 358 g/mol. The number of likely N-dealkylation sites (tertiary alicyclic amines) is 1. The van der Waals surface area contributed by atoms with Crippen molar-refractivity contribution >= 4 is 16.9 Å². The fraction of sp³-hybridized carbons (Fsp3) is 0.400. The van der Waals surface area contributed by atoms with E-state index in [1.807, 2.05) is 29.2 Å². The van der Waals surface area contributed by atoms with Crippen molar-refractivity contribution in [2.24, 2.45) is 5.92 Å². The van der Waals surface area contributed by atoms with Gasteiger partial charge in [0.25, 0.3) is 5.56 Å². The van der Waals surface area contributed by atoms with Crippen molar-refractivity contribution in [3.63, 3.8) is 0 Å². The van der Waals surface area contributed by atoms with Crippen molar-refractivity contribution in [3.8, 4) is 11.4 Å². The normalized spacial score (nSPS) is 17.1. The first-order chi connectivity index (χ1) is 13.6. The van der Waals surface area contributed by atoms with Gasteiger partial charge in [-0.15, -0.1) is 0 Å². The zero-order valence-electron chi connectivity index (χ0n) is 16.0. The minimum Gasteiger partial charge on any atom is -0.497 e. The number of amides is 1. The zero-order chi connectivity index (χ0) is 19.7. The van der Waals surface area contributed by atoms with E-state index in [-0.39, 0.29) is 18.0 Å². The number of carbonyl (C=O) groups excluding carboxylic acids is 1. The molecular formula is C20H23N5O3. The van der Waals surface area contributed by atoms with Gasteiger partial charge >= 0.3 is 0 Å². The lowest BCUT2D eigenvalue weighted by molar-refractivity contribution is -0.133. The van der Waals surface area contributed by atoms with Gasteiger partial charge in [-0.2, -0.15) is 5.10 Å². The summed E-state index contributed by atoms with van der Waals surface area (Å²) in [7, 11) is 1.61. The average Bonchev–Trinajstić information content (AvgIpc) is 3.15. The van der Waals surface area contributed by atoms with Crippen LogP contribution in [0.5, 0.6) is 5.75 Å². The molecule has 0 unspecified atom stereocenters. The maximum Gasteiger partial charge on any atom is 0.264 e. The van der Waals surface area contributed by atoms with Gasteiger partial charge in [0, 0.05) is 13.1 Å². The summed E-state index contributed by atoms with van der Waals surface area (Å²) in [6, 6.07) is 7.34. The zero-order valence-corrected chi connectivity index (χ0v) is 16.0. The summed E-state index contributed by atoms with van der Waals surface area (Å²) >= 11 is 0. The fourth-order valence-electron chi connectivity index (χ4n) is 3.64. The highest BCUT2D eigenvalue weighted by atomic mass is 16.5. The lowest BCUT2D eigenvalue weighted by Crippen LogP contribution is -2.42. The molecule has 0 radical (unpaired) electrons. The van der Waals surface area contributed by atoms with E-state index in [0.29, 0.717) is 17.0 Å². The number of fused-ring (bicyclic) bond motifs is 1. The molecule has 0 spiro atoms. The topological polar surface area (TPSA) is 82.2 Å². The van der Waals surface area contributed by atoms with Crippen molar-refractivity contribution in [3.05, 3.63) is 47.1 Å². The first kappa shape index (κ1) is 18.2. The van der Waals surface area contributed by atoms with Crippen molar-refractivity contribution < 1.29 is 9.53 Å². The van der Waals surface area contributed by atoms with Crippen LogP contribution in [0.2, 0.25) is 0 Å². The van der Waals surface area contributed by atoms with Crippen LogP contribution < -0.4 is 10.3 Å². The third-order valence-electron chi connectivity index (χ3n) is 5.19. The molecule has 1 amide bonds. The average molecular weight is 381 g/mol. The van der Waals surface area contributed by atoms with E-state index in [0.717, 1.165) is 37.4 Å². The van der Waals surface area contributed by atoms with E-state index in [9.17, 15) is 9.59 Å². The summed E-state index contributed by atoms with van der Waals surface area (Å²) < 4.78 is 8.14. The number of ether oxygens (including phenoxy) is 1. The van der Waals surface area contributed by atoms with Crippen LogP contribution in [0.3, 0.4) is 0 Å². The predicted molar refractivity (Wildman–Crippen MR) is 105 cm³/mol. The number of piperidine rings is 1. The SMILES string of the molecule is COc1ccc(-n2ncc3c(=O)n(CC(=O)N4CCC[C@H](C)C4)cnc32)cc1. The number of hydrogen-bond donors (Lipinski definition) is 0. The molecule has 2 aromatic heterocycles. The summed E-state index contributed by atoms with van der Waals surface area (Å²) in [5, 5.41) is 4.69. The molecule has 3 aromatic rings. The standard InChI is InChI=1S/C20H23N5O3/c1-14-4-3-9-23(11-14)18(26)12-24-13-21-19-17(20(24)27)10-22-25(19)15-5-7-16(28-2)8-6-15/h5-8,10,13-14H,3-4,9,11-12H2,1-2H3/t14-/m0/s1. The number of rotatable bonds is 4. The lowest BCUT2D eigenvalue weighted by atomic mass is 10.0.